The Balaban J connectivity index is 2.20. The molecule has 1 unspecified atom stereocenters. The minimum Gasteiger partial charge on any atom is -0.494 e. The van der Waals surface area contributed by atoms with Crippen molar-refractivity contribution in [2.45, 2.75) is 64.2 Å². The molecule has 1 aromatic heterocycles. The number of ether oxygens (including phenoxy) is 1. The molecule has 1 amide bonds. The van der Waals surface area contributed by atoms with Gasteiger partial charge in [0.15, 0.2) is 11.0 Å². The molecule has 0 bridgehead atoms. The first kappa shape index (κ1) is 26.7. The van der Waals surface area contributed by atoms with Gasteiger partial charge in [-0.25, -0.2) is 0 Å². The normalized spacial score (nSPS) is 11.9. The summed E-state index contributed by atoms with van der Waals surface area (Å²) in [5.74, 6) is 1.86. The number of benzene rings is 1. The van der Waals surface area contributed by atoms with Gasteiger partial charge in [-0.05, 0) is 58.1 Å². The van der Waals surface area contributed by atoms with E-state index in [0.717, 1.165) is 48.2 Å². The van der Waals surface area contributed by atoms with Crippen LogP contribution in [-0.4, -0.2) is 58.6 Å². The van der Waals surface area contributed by atoms with Crippen molar-refractivity contribution in [3.05, 3.63) is 30.1 Å². The molecule has 2 rings (SSSR count). The second kappa shape index (κ2) is 13.9. The van der Waals surface area contributed by atoms with Gasteiger partial charge in [0.2, 0.25) is 5.91 Å². The predicted octanol–water partition coefficient (Wildman–Crippen LogP) is 4.53. The molecule has 1 heterocycles. The maximum absolute atomic E-state index is 13.2. The summed E-state index contributed by atoms with van der Waals surface area (Å²) in [5.41, 5.74) is 0.756. The van der Waals surface area contributed by atoms with E-state index >= 15 is 0 Å². The Bertz CT molecular complexity index is 907. The SMILES string of the molecule is CCCCn1c(SCC(=O)N(CCC#N)c2ccc(OCC)cc2)nnc1C(CC)N(C)C. The summed E-state index contributed by atoms with van der Waals surface area (Å²) in [4.78, 5) is 17.0. The van der Waals surface area contributed by atoms with Crippen LogP contribution in [0.15, 0.2) is 29.4 Å². The summed E-state index contributed by atoms with van der Waals surface area (Å²) in [5, 5.41) is 18.7. The van der Waals surface area contributed by atoms with Gasteiger partial charge in [0, 0.05) is 18.8 Å². The number of unbranched alkanes of at least 4 members (excludes halogenated alkanes) is 1. The Labute approximate surface area is 201 Å². The molecule has 33 heavy (non-hydrogen) atoms. The fraction of sp³-hybridized carbons (Fsp3) is 0.583. The smallest absolute Gasteiger partial charge is 0.237 e. The minimum absolute atomic E-state index is 0.0642. The maximum atomic E-state index is 13.2. The lowest BCUT2D eigenvalue weighted by atomic mass is 10.2. The lowest BCUT2D eigenvalue weighted by molar-refractivity contribution is -0.116. The molecule has 9 heteroatoms. The van der Waals surface area contributed by atoms with Crippen LogP contribution in [0.5, 0.6) is 5.75 Å². The molecule has 1 aromatic carbocycles. The Kier molecular flexibility index (Phi) is 11.2. The van der Waals surface area contributed by atoms with Crippen molar-refractivity contribution < 1.29 is 9.53 Å². The number of hydrogen-bond acceptors (Lipinski definition) is 7. The van der Waals surface area contributed by atoms with E-state index in [0.29, 0.717) is 13.2 Å². The van der Waals surface area contributed by atoms with E-state index in [9.17, 15) is 4.79 Å². The van der Waals surface area contributed by atoms with Crippen LogP contribution in [0, 0.1) is 11.3 Å². The molecule has 0 aliphatic heterocycles. The molecule has 0 N–H and O–H groups in total. The van der Waals surface area contributed by atoms with Crippen LogP contribution >= 0.6 is 11.8 Å². The average molecular weight is 473 g/mol. The quantitative estimate of drug-likeness (QED) is 0.373. The summed E-state index contributed by atoms with van der Waals surface area (Å²) >= 11 is 1.41. The zero-order valence-electron chi connectivity index (χ0n) is 20.5. The molecule has 1 atom stereocenters. The third-order valence-electron chi connectivity index (χ3n) is 5.32. The highest BCUT2D eigenvalue weighted by Crippen LogP contribution is 2.27. The number of nitriles is 1. The number of anilines is 1. The van der Waals surface area contributed by atoms with Gasteiger partial charge in [-0.15, -0.1) is 10.2 Å². The highest BCUT2D eigenvalue weighted by Gasteiger charge is 2.23. The molecule has 2 aromatic rings. The first-order chi connectivity index (χ1) is 16.0. The van der Waals surface area contributed by atoms with Crippen LogP contribution in [0.3, 0.4) is 0 Å². The standard InChI is InChI=1S/C24H36N6O2S/c1-6-9-16-30-23(21(7-2)28(4)5)26-27-24(30)33-18-22(31)29(17-10-15-25)19-11-13-20(14-12-19)32-8-3/h11-14,21H,6-10,16-18H2,1-5H3. The lowest BCUT2D eigenvalue weighted by Crippen LogP contribution is -2.33. The highest BCUT2D eigenvalue weighted by atomic mass is 32.2. The van der Waals surface area contributed by atoms with Gasteiger partial charge in [0.05, 0.1) is 30.9 Å². The fourth-order valence-electron chi connectivity index (χ4n) is 3.61. The molecule has 0 radical (unpaired) electrons. The molecule has 0 fully saturated rings. The monoisotopic (exact) mass is 472 g/mol. The summed E-state index contributed by atoms with van der Waals surface area (Å²) in [6.45, 7) is 7.99. The van der Waals surface area contributed by atoms with E-state index in [1.165, 1.54) is 11.8 Å². The Morgan fingerprint density at radius 1 is 1.21 bits per heavy atom. The third-order valence-corrected chi connectivity index (χ3v) is 6.27. The average Bonchev–Trinajstić information content (AvgIpc) is 3.20. The second-order valence-electron chi connectivity index (χ2n) is 7.90. The van der Waals surface area contributed by atoms with Gasteiger partial charge in [-0.2, -0.15) is 5.26 Å². The Morgan fingerprint density at radius 2 is 1.94 bits per heavy atom. The van der Waals surface area contributed by atoms with Gasteiger partial charge in [-0.3, -0.25) is 9.69 Å². The summed E-state index contributed by atoms with van der Waals surface area (Å²) in [6.07, 6.45) is 3.29. The topological polar surface area (TPSA) is 87.3 Å². The maximum Gasteiger partial charge on any atom is 0.237 e. The number of aromatic nitrogens is 3. The molecule has 0 saturated heterocycles. The molecule has 0 aliphatic carbocycles. The molecular formula is C24H36N6O2S. The number of amides is 1. The second-order valence-corrected chi connectivity index (χ2v) is 8.85. The zero-order chi connectivity index (χ0) is 24.2. The number of thioether (sulfide) groups is 1. The lowest BCUT2D eigenvalue weighted by Gasteiger charge is -2.23. The minimum atomic E-state index is -0.0642. The van der Waals surface area contributed by atoms with Gasteiger partial charge < -0.3 is 14.2 Å². The van der Waals surface area contributed by atoms with Crippen LogP contribution in [0.25, 0.3) is 0 Å². The van der Waals surface area contributed by atoms with E-state index in [4.69, 9.17) is 10.00 Å². The number of carbonyl (C=O) groups excluding carboxylic acids is 1. The van der Waals surface area contributed by atoms with E-state index in [1.807, 2.05) is 45.3 Å². The number of rotatable bonds is 14. The van der Waals surface area contributed by atoms with Gasteiger partial charge in [-0.1, -0.05) is 32.0 Å². The van der Waals surface area contributed by atoms with Crippen LogP contribution in [0.2, 0.25) is 0 Å². The van der Waals surface area contributed by atoms with Crippen LogP contribution in [0.1, 0.15) is 58.3 Å². The van der Waals surface area contributed by atoms with Crippen molar-refractivity contribution in [2.75, 3.05) is 37.9 Å². The fourth-order valence-corrected chi connectivity index (χ4v) is 4.46. The van der Waals surface area contributed by atoms with Crippen LogP contribution < -0.4 is 9.64 Å². The molecular weight excluding hydrogens is 436 g/mol. The predicted molar refractivity (Wildman–Crippen MR) is 133 cm³/mol. The van der Waals surface area contributed by atoms with Crippen molar-refractivity contribution in [2.24, 2.45) is 0 Å². The Morgan fingerprint density at radius 3 is 2.52 bits per heavy atom. The van der Waals surface area contributed by atoms with E-state index in [2.05, 4.69) is 39.6 Å². The number of carbonyl (C=O) groups is 1. The van der Waals surface area contributed by atoms with Gasteiger partial charge >= 0.3 is 0 Å². The molecule has 0 spiro atoms. The van der Waals surface area contributed by atoms with Crippen LogP contribution in [-0.2, 0) is 11.3 Å². The number of nitrogens with zero attached hydrogens (tertiary/aromatic N) is 6. The summed E-state index contributed by atoms with van der Waals surface area (Å²) in [7, 11) is 4.10. The summed E-state index contributed by atoms with van der Waals surface area (Å²) in [6, 6.07) is 9.72. The van der Waals surface area contributed by atoms with E-state index in [1.54, 1.807) is 4.90 Å². The van der Waals surface area contributed by atoms with Crippen LogP contribution in [0.4, 0.5) is 5.69 Å². The molecule has 0 saturated carbocycles. The van der Waals surface area contributed by atoms with E-state index in [-0.39, 0.29) is 24.1 Å². The molecule has 180 valence electrons. The van der Waals surface area contributed by atoms with Crippen molar-refractivity contribution in [1.82, 2.24) is 19.7 Å². The third kappa shape index (κ3) is 7.47. The molecule has 0 aliphatic rings. The van der Waals surface area contributed by atoms with Crippen molar-refractivity contribution in [1.29, 1.82) is 5.26 Å². The summed E-state index contributed by atoms with van der Waals surface area (Å²) < 4.78 is 7.66. The van der Waals surface area contributed by atoms with Crippen molar-refractivity contribution in [3.63, 3.8) is 0 Å². The largest absolute Gasteiger partial charge is 0.494 e. The van der Waals surface area contributed by atoms with Crippen molar-refractivity contribution in [3.8, 4) is 11.8 Å². The van der Waals surface area contributed by atoms with Gasteiger partial charge in [0.1, 0.15) is 5.75 Å². The van der Waals surface area contributed by atoms with E-state index < -0.39 is 0 Å². The Hall–Kier alpha value is -2.57. The molecule has 8 nitrogen and oxygen atoms in total. The first-order valence-electron chi connectivity index (χ1n) is 11.6. The van der Waals surface area contributed by atoms with Crippen molar-refractivity contribution >= 4 is 23.4 Å². The highest BCUT2D eigenvalue weighted by molar-refractivity contribution is 7.99. The van der Waals surface area contributed by atoms with Gasteiger partial charge in [0.25, 0.3) is 0 Å². The zero-order valence-corrected chi connectivity index (χ0v) is 21.3. The first-order valence-corrected chi connectivity index (χ1v) is 12.6. The number of hydrogen-bond donors (Lipinski definition) is 0.